The molecule has 1 amide bonds. The first-order valence-electron chi connectivity index (χ1n) is 9.73. The normalized spacial score (nSPS) is 15.5. The molecule has 0 spiro atoms. The molecule has 1 aliphatic rings. The first-order chi connectivity index (χ1) is 14.9. The molecule has 0 saturated heterocycles. The van der Waals surface area contributed by atoms with Crippen molar-refractivity contribution in [3.05, 3.63) is 94.8 Å². The van der Waals surface area contributed by atoms with Crippen molar-refractivity contribution in [1.29, 1.82) is 0 Å². The lowest BCUT2D eigenvalue weighted by Crippen LogP contribution is -2.22. The SMILES string of the molecule is NCc1ccc(N=C(c2ccc(CC(=O)O)cc2)C2C(=O)Nc3cc(F)ccc32)cc1. The third-order valence-corrected chi connectivity index (χ3v) is 5.15. The molecule has 1 heterocycles. The Balaban J connectivity index is 1.81. The fourth-order valence-electron chi connectivity index (χ4n) is 3.62. The van der Waals surface area contributed by atoms with Gasteiger partial charge in [0.15, 0.2) is 0 Å². The van der Waals surface area contributed by atoms with Crippen LogP contribution in [0.3, 0.4) is 0 Å². The molecule has 6 nitrogen and oxygen atoms in total. The first kappa shape index (κ1) is 20.4. The molecule has 0 fully saturated rings. The van der Waals surface area contributed by atoms with Gasteiger partial charge in [0, 0.05) is 12.2 Å². The second-order valence-corrected chi connectivity index (χ2v) is 7.29. The number of carboxylic acid groups (broad SMARTS) is 1. The van der Waals surface area contributed by atoms with E-state index in [-0.39, 0.29) is 12.3 Å². The predicted molar refractivity (Wildman–Crippen MR) is 116 cm³/mol. The van der Waals surface area contributed by atoms with E-state index in [9.17, 15) is 14.0 Å². The summed E-state index contributed by atoms with van der Waals surface area (Å²) in [6, 6.07) is 18.5. The molecule has 4 N–H and O–H groups in total. The lowest BCUT2D eigenvalue weighted by molar-refractivity contribution is -0.136. The van der Waals surface area contributed by atoms with Crippen LogP contribution in [-0.4, -0.2) is 22.7 Å². The molecule has 1 aliphatic heterocycles. The molecule has 1 unspecified atom stereocenters. The molecule has 4 rings (SSSR count). The van der Waals surface area contributed by atoms with Gasteiger partial charge in [0.1, 0.15) is 11.7 Å². The Hall–Kier alpha value is -3.84. The van der Waals surface area contributed by atoms with Gasteiger partial charge in [0.25, 0.3) is 0 Å². The number of rotatable bonds is 6. The summed E-state index contributed by atoms with van der Waals surface area (Å²) in [7, 11) is 0. The molecule has 0 bridgehead atoms. The van der Waals surface area contributed by atoms with Crippen LogP contribution in [-0.2, 0) is 22.6 Å². The van der Waals surface area contributed by atoms with Crippen molar-refractivity contribution in [2.45, 2.75) is 18.9 Å². The van der Waals surface area contributed by atoms with E-state index in [4.69, 9.17) is 15.8 Å². The van der Waals surface area contributed by atoms with E-state index in [0.29, 0.717) is 40.3 Å². The maximum Gasteiger partial charge on any atom is 0.307 e. The third-order valence-electron chi connectivity index (χ3n) is 5.15. The Labute approximate surface area is 178 Å². The van der Waals surface area contributed by atoms with Gasteiger partial charge in [0.05, 0.1) is 17.8 Å². The number of fused-ring (bicyclic) bond motifs is 1. The minimum Gasteiger partial charge on any atom is -0.481 e. The number of nitrogens with zero attached hydrogens (tertiary/aromatic N) is 1. The van der Waals surface area contributed by atoms with Gasteiger partial charge in [-0.3, -0.25) is 14.6 Å². The number of hydrogen-bond donors (Lipinski definition) is 3. The molecular weight excluding hydrogens is 397 g/mol. The number of carboxylic acids is 1. The van der Waals surface area contributed by atoms with Crippen molar-refractivity contribution >= 4 is 29.0 Å². The fourth-order valence-corrected chi connectivity index (χ4v) is 3.62. The van der Waals surface area contributed by atoms with Gasteiger partial charge in [-0.25, -0.2) is 4.39 Å². The summed E-state index contributed by atoms with van der Waals surface area (Å²) in [4.78, 5) is 28.6. The van der Waals surface area contributed by atoms with Gasteiger partial charge in [-0.05, 0) is 46.5 Å². The Morgan fingerprint density at radius 1 is 1.03 bits per heavy atom. The molecule has 1 atom stereocenters. The number of amides is 1. The highest BCUT2D eigenvalue weighted by Crippen LogP contribution is 2.36. The molecule has 0 aliphatic carbocycles. The first-order valence-corrected chi connectivity index (χ1v) is 9.73. The summed E-state index contributed by atoms with van der Waals surface area (Å²) in [6.45, 7) is 0.409. The second kappa shape index (κ2) is 8.49. The zero-order chi connectivity index (χ0) is 22.0. The molecule has 31 heavy (non-hydrogen) atoms. The molecule has 0 saturated carbocycles. The molecule has 156 valence electrons. The maximum absolute atomic E-state index is 13.7. The van der Waals surface area contributed by atoms with Crippen LogP contribution in [0.4, 0.5) is 15.8 Å². The van der Waals surface area contributed by atoms with Crippen molar-refractivity contribution in [2.24, 2.45) is 10.7 Å². The van der Waals surface area contributed by atoms with Crippen LogP contribution >= 0.6 is 0 Å². The van der Waals surface area contributed by atoms with Crippen molar-refractivity contribution in [3.63, 3.8) is 0 Å². The van der Waals surface area contributed by atoms with E-state index in [0.717, 1.165) is 5.56 Å². The summed E-state index contributed by atoms with van der Waals surface area (Å²) in [5.74, 6) is -2.39. The van der Waals surface area contributed by atoms with Crippen molar-refractivity contribution in [3.8, 4) is 0 Å². The number of anilines is 1. The smallest absolute Gasteiger partial charge is 0.307 e. The Bertz CT molecular complexity index is 1170. The number of aliphatic imine (C=N–C) groups is 1. The summed E-state index contributed by atoms with van der Waals surface area (Å²) >= 11 is 0. The van der Waals surface area contributed by atoms with E-state index in [1.807, 2.05) is 24.3 Å². The highest BCUT2D eigenvalue weighted by molar-refractivity contribution is 6.24. The zero-order valence-electron chi connectivity index (χ0n) is 16.5. The van der Waals surface area contributed by atoms with Crippen LogP contribution in [0.2, 0.25) is 0 Å². The monoisotopic (exact) mass is 417 g/mol. The van der Waals surface area contributed by atoms with E-state index >= 15 is 0 Å². The molecule has 3 aromatic carbocycles. The Morgan fingerprint density at radius 3 is 2.35 bits per heavy atom. The Morgan fingerprint density at radius 2 is 1.71 bits per heavy atom. The largest absolute Gasteiger partial charge is 0.481 e. The van der Waals surface area contributed by atoms with Gasteiger partial charge < -0.3 is 16.2 Å². The van der Waals surface area contributed by atoms with Gasteiger partial charge >= 0.3 is 5.97 Å². The van der Waals surface area contributed by atoms with Gasteiger partial charge in [0.2, 0.25) is 5.91 Å². The fraction of sp³-hybridized carbons (Fsp3) is 0.125. The van der Waals surface area contributed by atoms with E-state index in [1.165, 1.54) is 12.1 Å². The minimum atomic E-state index is -0.923. The summed E-state index contributed by atoms with van der Waals surface area (Å²) in [5.41, 5.74) is 10.1. The lowest BCUT2D eigenvalue weighted by atomic mass is 9.90. The summed E-state index contributed by atoms with van der Waals surface area (Å²) in [6.07, 6.45) is -0.0979. The summed E-state index contributed by atoms with van der Waals surface area (Å²) in [5, 5.41) is 11.7. The maximum atomic E-state index is 13.7. The average molecular weight is 417 g/mol. The topological polar surface area (TPSA) is 105 Å². The lowest BCUT2D eigenvalue weighted by Gasteiger charge is -2.14. The number of hydrogen-bond acceptors (Lipinski definition) is 4. The predicted octanol–water partition coefficient (Wildman–Crippen LogP) is 3.77. The van der Waals surface area contributed by atoms with Crippen molar-refractivity contribution < 1.29 is 19.1 Å². The number of benzene rings is 3. The number of carbonyl (C=O) groups excluding carboxylic acids is 1. The second-order valence-electron chi connectivity index (χ2n) is 7.29. The molecular formula is C24H20FN3O3. The van der Waals surface area contributed by atoms with E-state index in [1.54, 1.807) is 30.3 Å². The van der Waals surface area contributed by atoms with Crippen molar-refractivity contribution in [2.75, 3.05) is 5.32 Å². The highest BCUT2D eigenvalue weighted by Gasteiger charge is 2.35. The van der Waals surface area contributed by atoms with Crippen LogP contribution < -0.4 is 11.1 Å². The number of halogens is 1. The number of nitrogens with one attached hydrogen (secondary N) is 1. The van der Waals surface area contributed by atoms with Crippen LogP contribution in [0.15, 0.2) is 71.7 Å². The number of nitrogens with two attached hydrogens (primary N) is 1. The molecule has 3 aromatic rings. The Kier molecular flexibility index (Phi) is 5.60. The van der Waals surface area contributed by atoms with Crippen LogP contribution in [0.5, 0.6) is 0 Å². The third kappa shape index (κ3) is 4.36. The number of carbonyl (C=O) groups is 2. The molecule has 0 aromatic heterocycles. The standard InChI is InChI=1S/C24H20FN3O3/c25-17-7-10-19-20(12-17)28-24(31)22(19)23(27-18-8-3-15(13-26)4-9-18)16-5-1-14(2-6-16)11-21(29)30/h1-10,12,22H,11,13,26H2,(H,28,31)(H,29,30). The zero-order valence-corrected chi connectivity index (χ0v) is 16.5. The average Bonchev–Trinajstić information content (AvgIpc) is 3.07. The van der Waals surface area contributed by atoms with Gasteiger partial charge in [-0.1, -0.05) is 42.5 Å². The van der Waals surface area contributed by atoms with Crippen LogP contribution in [0, 0.1) is 5.82 Å². The van der Waals surface area contributed by atoms with Crippen LogP contribution in [0.25, 0.3) is 0 Å². The summed E-state index contributed by atoms with van der Waals surface area (Å²) < 4.78 is 13.7. The van der Waals surface area contributed by atoms with Crippen molar-refractivity contribution in [1.82, 2.24) is 0 Å². The number of aliphatic carboxylic acids is 1. The van der Waals surface area contributed by atoms with Crippen LogP contribution in [0.1, 0.15) is 28.2 Å². The van der Waals surface area contributed by atoms with Gasteiger partial charge in [-0.2, -0.15) is 0 Å². The molecule has 7 heteroatoms. The minimum absolute atomic E-state index is 0.0979. The highest BCUT2D eigenvalue weighted by atomic mass is 19.1. The molecule has 0 radical (unpaired) electrons. The quantitative estimate of drug-likeness (QED) is 0.531. The van der Waals surface area contributed by atoms with E-state index < -0.39 is 17.7 Å². The van der Waals surface area contributed by atoms with Gasteiger partial charge in [-0.15, -0.1) is 0 Å². The van der Waals surface area contributed by atoms with E-state index in [2.05, 4.69) is 5.32 Å².